The van der Waals surface area contributed by atoms with Gasteiger partial charge in [0.25, 0.3) is 0 Å². The average Bonchev–Trinajstić information content (AvgIpc) is 2.79. The Morgan fingerprint density at radius 3 is 2.40 bits per heavy atom. The summed E-state index contributed by atoms with van der Waals surface area (Å²) in [4.78, 5) is 28.1. The SMILES string of the molecule is CCCCNC(=O)[C@@H](CC)N(Cc1ccccc1Cl)C(=O)CN(c1ccc(Br)c(C)c1)S(C)(=O)=O. The molecule has 0 aliphatic heterocycles. The van der Waals surface area contributed by atoms with Crippen LogP contribution in [0.3, 0.4) is 0 Å². The minimum absolute atomic E-state index is 0.0786. The van der Waals surface area contributed by atoms with Crippen LogP contribution in [0.25, 0.3) is 0 Å². The molecule has 35 heavy (non-hydrogen) atoms. The molecule has 10 heteroatoms. The van der Waals surface area contributed by atoms with E-state index in [2.05, 4.69) is 21.2 Å². The zero-order chi connectivity index (χ0) is 26.2. The number of hydrogen-bond donors (Lipinski definition) is 1. The zero-order valence-electron chi connectivity index (χ0n) is 20.6. The molecule has 0 fully saturated rings. The molecule has 1 N–H and O–H groups in total. The predicted octanol–water partition coefficient (Wildman–Crippen LogP) is 4.90. The van der Waals surface area contributed by atoms with Crippen molar-refractivity contribution in [1.29, 1.82) is 0 Å². The highest BCUT2D eigenvalue weighted by molar-refractivity contribution is 9.10. The molecule has 0 aliphatic carbocycles. The maximum Gasteiger partial charge on any atom is 0.244 e. The number of hydrogen-bond acceptors (Lipinski definition) is 4. The first-order chi connectivity index (χ1) is 16.5. The smallest absolute Gasteiger partial charge is 0.244 e. The molecule has 2 aromatic rings. The second-order valence-electron chi connectivity index (χ2n) is 8.38. The van der Waals surface area contributed by atoms with Crippen LogP contribution < -0.4 is 9.62 Å². The summed E-state index contributed by atoms with van der Waals surface area (Å²) < 4.78 is 27.3. The van der Waals surface area contributed by atoms with E-state index in [0.29, 0.717) is 29.2 Å². The third-order valence-corrected chi connectivity index (χ3v) is 8.02. The summed E-state index contributed by atoms with van der Waals surface area (Å²) in [5.74, 6) is -0.764. The molecule has 1 atom stereocenters. The summed E-state index contributed by atoms with van der Waals surface area (Å²) in [5.41, 5.74) is 1.88. The van der Waals surface area contributed by atoms with Gasteiger partial charge in [-0.2, -0.15) is 0 Å². The first kappa shape index (κ1) is 29.1. The Morgan fingerprint density at radius 2 is 1.83 bits per heavy atom. The van der Waals surface area contributed by atoms with Crippen molar-refractivity contribution >= 4 is 55.1 Å². The highest BCUT2D eigenvalue weighted by Crippen LogP contribution is 2.26. The molecular weight excluding hydrogens is 554 g/mol. The van der Waals surface area contributed by atoms with Crippen molar-refractivity contribution in [2.24, 2.45) is 0 Å². The van der Waals surface area contributed by atoms with E-state index in [4.69, 9.17) is 11.6 Å². The number of anilines is 1. The molecule has 0 aliphatic rings. The van der Waals surface area contributed by atoms with Crippen LogP contribution in [-0.4, -0.2) is 50.5 Å². The van der Waals surface area contributed by atoms with Gasteiger partial charge in [0, 0.05) is 22.6 Å². The molecule has 0 unspecified atom stereocenters. The number of unbranched alkanes of at least 4 members (excludes halogenated alkanes) is 1. The van der Waals surface area contributed by atoms with Gasteiger partial charge < -0.3 is 10.2 Å². The molecule has 2 amide bonds. The Balaban J connectivity index is 2.43. The molecule has 0 spiro atoms. The number of carbonyl (C=O) groups is 2. The highest BCUT2D eigenvalue weighted by atomic mass is 79.9. The van der Waals surface area contributed by atoms with Crippen LogP contribution in [0.2, 0.25) is 5.02 Å². The van der Waals surface area contributed by atoms with Gasteiger partial charge in [0.05, 0.1) is 11.9 Å². The summed E-state index contributed by atoms with van der Waals surface area (Å²) in [6.07, 6.45) is 3.18. The van der Waals surface area contributed by atoms with Crippen molar-refractivity contribution in [1.82, 2.24) is 10.2 Å². The molecule has 2 aromatic carbocycles. The van der Waals surface area contributed by atoms with E-state index in [0.717, 1.165) is 33.4 Å². The van der Waals surface area contributed by atoms with E-state index in [9.17, 15) is 18.0 Å². The second-order valence-corrected chi connectivity index (χ2v) is 11.6. The van der Waals surface area contributed by atoms with Gasteiger partial charge >= 0.3 is 0 Å². The molecular formula is C25H33BrClN3O4S. The summed E-state index contributed by atoms with van der Waals surface area (Å²) in [6, 6.07) is 11.4. The lowest BCUT2D eigenvalue weighted by Gasteiger charge is -2.33. The van der Waals surface area contributed by atoms with Crippen molar-refractivity contribution in [2.45, 2.75) is 52.6 Å². The topological polar surface area (TPSA) is 86.8 Å². The van der Waals surface area contributed by atoms with E-state index in [1.165, 1.54) is 4.90 Å². The quantitative estimate of drug-likeness (QED) is 0.359. The third-order valence-electron chi connectivity index (χ3n) is 5.62. The lowest BCUT2D eigenvalue weighted by Crippen LogP contribution is -2.52. The number of rotatable bonds is 12. The second kappa shape index (κ2) is 13.3. The van der Waals surface area contributed by atoms with Crippen molar-refractivity contribution in [2.75, 3.05) is 23.7 Å². The van der Waals surface area contributed by atoms with Gasteiger partial charge in [-0.15, -0.1) is 0 Å². The summed E-state index contributed by atoms with van der Waals surface area (Å²) in [5, 5.41) is 3.36. The van der Waals surface area contributed by atoms with E-state index in [-0.39, 0.29) is 12.5 Å². The fraction of sp³-hybridized carbons (Fsp3) is 0.440. The van der Waals surface area contributed by atoms with Crippen LogP contribution in [0.5, 0.6) is 0 Å². The van der Waals surface area contributed by atoms with Crippen LogP contribution in [0.1, 0.15) is 44.2 Å². The predicted molar refractivity (Wildman–Crippen MR) is 145 cm³/mol. The number of halogens is 2. The largest absolute Gasteiger partial charge is 0.354 e. The molecule has 192 valence electrons. The van der Waals surface area contributed by atoms with Crippen LogP contribution >= 0.6 is 27.5 Å². The normalized spacial score (nSPS) is 12.2. The van der Waals surface area contributed by atoms with E-state index >= 15 is 0 Å². The Morgan fingerprint density at radius 1 is 1.14 bits per heavy atom. The number of benzene rings is 2. The maximum absolute atomic E-state index is 13.7. The minimum Gasteiger partial charge on any atom is -0.354 e. The maximum atomic E-state index is 13.7. The van der Waals surface area contributed by atoms with Crippen LogP contribution in [-0.2, 0) is 26.2 Å². The number of nitrogens with one attached hydrogen (secondary N) is 1. The highest BCUT2D eigenvalue weighted by Gasteiger charge is 2.32. The standard InChI is InChI=1S/C25H33BrClN3O4S/c1-5-7-14-28-25(32)23(6-2)29(16-19-10-8-9-11-22(19)27)24(31)17-30(35(4,33)34)20-12-13-21(26)18(3)15-20/h8-13,15,23H,5-7,14,16-17H2,1-4H3,(H,28,32)/t23-/m1/s1. The molecule has 0 bridgehead atoms. The zero-order valence-corrected chi connectivity index (χ0v) is 23.7. The van der Waals surface area contributed by atoms with Crippen molar-refractivity contribution < 1.29 is 18.0 Å². The molecule has 0 radical (unpaired) electrons. The third kappa shape index (κ3) is 8.22. The number of aryl methyl sites for hydroxylation is 1. The monoisotopic (exact) mass is 585 g/mol. The van der Waals surface area contributed by atoms with Gasteiger partial charge in [0.2, 0.25) is 21.8 Å². The number of sulfonamides is 1. The summed E-state index contributed by atoms with van der Waals surface area (Å²) in [6.45, 7) is 5.84. The Kier molecular flexibility index (Phi) is 11.0. The van der Waals surface area contributed by atoms with Crippen molar-refractivity contribution in [3.05, 3.63) is 63.1 Å². The van der Waals surface area contributed by atoms with Crippen molar-refractivity contribution in [3.8, 4) is 0 Å². The summed E-state index contributed by atoms with van der Waals surface area (Å²) >= 11 is 9.78. The number of carbonyl (C=O) groups excluding carboxylic acids is 2. The Hall–Kier alpha value is -2.10. The first-order valence-electron chi connectivity index (χ1n) is 11.5. The van der Waals surface area contributed by atoms with Gasteiger partial charge in [-0.05, 0) is 55.2 Å². The van der Waals surface area contributed by atoms with E-state index in [1.807, 2.05) is 20.8 Å². The molecule has 0 saturated heterocycles. The Bertz CT molecular complexity index is 1140. The molecule has 0 saturated carbocycles. The van der Waals surface area contributed by atoms with Crippen molar-refractivity contribution in [3.63, 3.8) is 0 Å². The van der Waals surface area contributed by atoms with E-state index < -0.39 is 28.5 Å². The van der Waals surface area contributed by atoms with Gasteiger partial charge in [-0.3, -0.25) is 13.9 Å². The summed E-state index contributed by atoms with van der Waals surface area (Å²) in [7, 11) is -3.78. The fourth-order valence-corrected chi connectivity index (χ4v) is 4.92. The van der Waals surface area contributed by atoms with Crippen LogP contribution in [0.4, 0.5) is 5.69 Å². The molecule has 0 aromatic heterocycles. The average molecular weight is 587 g/mol. The van der Waals surface area contributed by atoms with Gasteiger partial charge in [0.1, 0.15) is 12.6 Å². The lowest BCUT2D eigenvalue weighted by molar-refractivity contribution is -0.140. The molecule has 7 nitrogen and oxygen atoms in total. The first-order valence-corrected chi connectivity index (χ1v) is 14.6. The van der Waals surface area contributed by atoms with E-state index in [1.54, 1.807) is 42.5 Å². The van der Waals surface area contributed by atoms with Gasteiger partial charge in [0.15, 0.2) is 0 Å². The number of amides is 2. The van der Waals surface area contributed by atoms with Gasteiger partial charge in [-0.25, -0.2) is 8.42 Å². The number of nitrogens with zero attached hydrogens (tertiary/aromatic N) is 2. The lowest BCUT2D eigenvalue weighted by atomic mass is 10.1. The minimum atomic E-state index is -3.78. The van der Waals surface area contributed by atoms with Gasteiger partial charge in [-0.1, -0.05) is 66.0 Å². The molecule has 2 rings (SSSR count). The fourth-order valence-electron chi connectivity index (χ4n) is 3.63. The Labute approximate surface area is 222 Å². The van der Waals surface area contributed by atoms with Crippen LogP contribution in [0.15, 0.2) is 46.9 Å². The van der Waals surface area contributed by atoms with Crippen LogP contribution in [0, 0.1) is 6.92 Å². The molecule has 0 heterocycles.